The first-order chi connectivity index (χ1) is 11.1. The molecule has 3 aromatic rings. The van der Waals surface area contributed by atoms with Crippen molar-refractivity contribution in [1.29, 1.82) is 0 Å². The highest BCUT2D eigenvalue weighted by atomic mass is 19.1. The molecule has 1 aromatic heterocycles. The van der Waals surface area contributed by atoms with E-state index in [4.69, 9.17) is 0 Å². The molecule has 0 aliphatic rings. The summed E-state index contributed by atoms with van der Waals surface area (Å²) >= 11 is 0. The van der Waals surface area contributed by atoms with Gasteiger partial charge in [0.2, 0.25) is 5.91 Å². The molecule has 0 aliphatic carbocycles. The van der Waals surface area contributed by atoms with Crippen molar-refractivity contribution >= 4 is 16.8 Å². The number of nitrogens with zero attached hydrogens (tertiary/aromatic N) is 1. The Balaban J connectivity index is 2.19. The Bertz CT molecular complexity index is 880. The van der Waals surface area contributed by atoms with Crippen LogP contribution in [0.2, 0.25) is 0 Å². The number of pyridine rings is 1. The molecule has 0 fully saturated rings. The molecule has 1 heterocycles. The second-order valence-electron chi connectivity index (χ2n) is 5.23. The van der Waals surface area contributed by atoms with Gasteiger partial charge in [-0.15, -0.1) is 0 Å². The number of hydrogen-bond acceptors (Lipinski definition) is 3. The molecule has 0 spiro atoms. The number of phenolic OH excluding ortho intramolecular Hbond substituents is 1. The van der Waals surface area contributed by atoms with Crippen LogP contribution in [0.3, 0.4) is 0 Å². The number of halogens is 1. The third kappa shape index (κ3) is 2.85. The molecule has 0 radical (unpaired) electrons. The average Bonchev–Trinajstić information content (AvgIpc) is 2.54. The maximum Gasteiger partial charge on any atom is 0.217 e. The van der Waals surface area contributed by atoms with Crippen LogP contribution in [0.25, 0.3) is 10.9 Å². The van der Waals surface area contributed by atoms with Crippen LogP contribution in [0.5, 0.6) is 5.75 Å². The molecular weight excluding hydrogens is 295 g/mol. The highest BCUT2D eigenvalue weighted by molar-refractivity contribution is 5.86. The number of carbonyl (C=O) groups is 1. The quantitative estimate of drug-likeness (QED) is 0.780. The molecule has 5 heteroatoms. The fourth-order valence-corrected chi connectivity index (χ4v) is 2.61. The largest absolute Gasteiger partial charge is 0.505 e. The predicted octanol–water partition coefficient (Wildman–Crippen LogP) is 3.31. The first-order valence-electron chi connectivity index (χ1n) is 7.16. The summed E-state index contributed by atoms with van der Waals surface area (Å²) < 4.78 is 14.2. The molecule has 0 bridgehead atoms. The van der Waals surface area contributed by atoms with Gasteiger partial charge in [0.15, 0.2) is 0 Å². The number of carbonyl (C=O) groups excluding carboxylic acids is 1. The summed E-state index contributed by atoms with van der Waals surface area (Å²) in [4.78, 5) is 15.7. The van der Waals surface area contributed by atoms with Crippen molar-refractivity contribution in [3.63, 3.8) is 0 Å². The van der Waals surface area contributed by atoms with E-state index in [1.54, 1.807) is 42.6 Å². The maximum atomic E-state index is 14.2. The number of nitrogens with one attached hydrogen (secondary N) is 1. The van der Waals surface area contributed by atoms with E-state index in [9.17, 15) is 14.3 Å². The Hall–Kier alpha value is -2.95. The zero-order valence-electron chi connectivity index (χ0n) is 12.5. The summed E-state index contributed by atoms with van der Waals surface area (Å²) in [5.74, 6) is -0.837. The fourth-order valence-electron chi connectivity index (χ4n) is 2.61. The molecule has 2 N–H and O–H groups in total. The minimum atomic E-state index is -0.792. The van der Waals surface area contributed by atoms with Gasteiger partial charge in [-0.05, 0) is 12.1 Å². The summed E-state index contributed by atoms with van der Waals surface area (Å²) in [6.07, 6.45) is 1.57. The van der Waals surface area contributed by atoms with Gasteiger partial charge < -0.3 is 10.4 Å². The molecule has 4 nitrogen and oxygen atoms in total. The van der Waals surface area contributed by atoms with Gasteiger partial charge in [-0.2, -0.15) is 0 Å². The third-order valence-corrected chi connectivity index (χ3v) is 3.65. The second-order valence-corrected chi connectivity index (χ2v) is 5.23. The van der Waals surface area contributed by atoms with Crippen LogP contribution in [-0.4, -0.2) is 16.0 Å². The zero-order chi connectivity index (χ0) is 16.4. The maximum absolute atomic E-state index is 14.2. The lowest BCUT2D eigenvalue weighted by Crippen LogP contribution is -2.27. The lowest BCUT2D eigenvalue weighted by molar-refractivity contribution is -0.119. The van der Waals surface area contributed by atoms with Gasteiger partial charge in [-0.3, -0.25) is 9.78 Å². The molecule has 1 atom stereocenters. The molecule has 1 amide bonds. The standard InChI is InChI=1S/C18H15FN2O2/c1-11(22)21-17(13-6-2-3-7-15(13)19)14-9-8-12-5-4-10-20-16(12)18(14)23/h2-10,17,23H,1H3,(H,21,22)/t17-/m1/s1. The number of fused-ring (bicyclic) bond motifs is 1. The molecule has 0 saturated heterocycles. The van der Waals surface area contributed by atoms with Gasteiger partial charge >= 0.3 is 0 Å². The van der Waals surface area contributed by atoms with Crippen LogP contribution in [0.1, 0.15) is 24.1 Å². The van der Waals surface area contributed by atoms with Crippen molar-refractivity contribution in [3.8, 4) is 5.75 Å². The van der Waals surface area contributed by atoms with E-state index in [1.807, 2.05) is 6.07 Å². The van der Waals surface area contributed by atoms with Crippen LogP contribution < -0.4 is 5.32 Å². The Morgan fingerprint density at radius 1 is 1.13 bits per heavy atom. The van der Waals surface area contributed by atoms with Gasteiger partial charge in [-0.25, -0.2) is 4.39 Å². The first-order valence-corrected chi connectivity index (χ1v) is 7.16. The monoisotopic (exact) mass is 310 g/mol. The summed E-state index contributed by atoms with van der Waals surface area (Å²) in [6.45, 7) is 1.35. The second kappa shape index (κ2) is 6.04. The Morgan fingerprint density at radius 2 is 1.91 bits per heavy atom. The number of amides is 1. The van der Waals surface area contributed by atoms with Crippen LogP contribution in [0.15, 0.2) is 54.7 Å². The van der Waals surface area contributed by atoms with E-state index < -0.39 is 11.9 Å². The van der Waals surface area contributed by atoms with E-state index in [1.165, 1.54) is 13.0 Å². The first kappa shape index (κ1) is 15.0. The van der Waals surface area contributed by atoms with Gasteiger partial charge in [0.1, 0.15) is 17.1 Å². The molecule has 23 heavy (non-hydrogen) atoms. The van der Waals surface area contributed by atoms with Crippen LogP contribution in [0.4, 0.5) is 4.39 Å². The van der Waals surface area contributed by atoms with Crippen LogP contribution in [-0.2, 0) is 4.79 Å². The molecular formula is C18H15FN2O2. The normalized spacial score (nSPS) is 12.1. The van der Waals surface area contributed by atoms with Crippen molar-refractivity contribution in [2.75, 3.05) is 0 Å². The third-order valence-electron chi connectivity index (χ3n) is 3.65. The highest BCUT2D eigenvalue weighted by Crippen LogP contribution is 2.35. The summed E-state index contributed by atoms with van der Waals surface area (Å²) in [5, 5.41) is 14.0. The number of rotatable bonds is 3. The smallest absolute Gasteiger partial charge is 0.217 e. The molecule has 2 aromatic carbocycles. The summed E-state index contributed by atoms with van der Waals surface area (Å²) in [7, 11) is 0. The van der Waals surface area contributed by atoms with Crippen LogP contribution >= 0.6 is 0 Å². The Morgan fingerprint density at radius 3 is 2.65 bits per heavy atom. The average molecular weight is 310 g/mol. The Kier molecular flexibility index (Phi) is 3.93. The number of phenols is 1. The Labute approximate surface area is 132 Å². The van der Waals surface area contributed by atoms with Crippen molar-refractivity contribution in [1.82, 2.24) is 10.3 Å². The molecule has 0 unspecified atom stereocenters. The summed E-state index contributed by atoms with van der Waals surface area (Å²) in [6, 6.07) is 12.4. The molecule has 116 valence electrons. The number of hydrogen-bond donors (Lipinski definition) is 2. The van der Waals surface area contributed by atoms with Gasteiger partial charge in [-0.1, -0.05) is 36.4 Å². The fraction of sp³-hybridized carbons (Fsp3) is 0.111. The van der Waals surface area contributed by atoms with E-state index in [0.29, 0.717) is 11.1 Å². The van der Waals surface area contributed by atoms with E-state index in [0.717, 1.165) is 5.39 Å². The summed E-state index contributed by atoms with van der Waals surface area (Å²) in [5.41, 5.74) is 1.10. The molecule has 0 aliphatic heterocycles. The van der Waals surface area contributed by atoms with Gasteiger partial charge in [0.25, 0.3) is 0 Å². The van der Waals surface area contributed by atoms with Crippen molar-refractivity contribution in [2.24, 2.45) is 0 Å². The van der Waals surface area contributed by atoms with E-state index in [-0.39, 0.29) is 17.2 Å². The lowest BCUT2D eigenvalue weighted by atomic mass is 9.96. The van der Waals surface area contributed by atoms with E-state index in [2.05, 4.69) is 10.3 Å². The minimum absolute atomic E-state index is 0.0647. The molecule has 0 saturated carbocycles. The minimum Gasteiger partial charge on any atom is -0.505 e. The van der Waals surface area contributed by atoms with Crippen molar-refractivity contribution in [2.45, 2.75) is 13.0 Å². The predicted molar refractivity (Wildman–Crippen MR) is 85.5 cm³/mol. The highest BCUT2D eigenvalue weighted by Gasteiger charge is 2.23. The van der Waals surface area contributed by atoms with E-state index >= 15 is 0 Å². The number of aromatic nitrogens is 1. The SMILES string of the molecule is CC(=O)N[C@H](c1ccccc1F)c1ccc2cccnc2c1O. The molecule has 3 rings (SSSR count). The zero-order valence-corrected chi connectivity index (χ0v) is 12.5. The van der Waals surface area contributed by atoms with Gasteiger partial charge in [0.05, 0.1) is 6.04 Å². The lowest BCUT2D eigenvalue weighted by Gasteiger charge is -2.21. The van der Waals surface area contributed by atoms with Crippen molar-refractivity contribution < 1.29 is 14.3 Å². The van der Waals surface area contributed by atoms with Crippen molar-refractivity contribution in [3.05, 3.63) is 71.7 Å². The van der Waals surface area contributed by atoms with Gasteiger partial charge in [0, 0.05) is 29.6 Å². The number of aromatic hydroxyl groups is 1. The topological polar surface area (TPSA) is 62.2 Å². The number of benzene rings is 2. The van der Waals surface area contributed by atoms with Crippen LogP contribution in [0, 0.1) is 5.82 Å².